The second-order valence-electron chi connectivity index (χ2n) is 3.16. The summed E-state index contributed by atoms with van der Waals surface area (Å²) in [4.78, 5) is 18.2. The molecule has 1 aromatic carbocycles. The number of imidazole rings is 1. The van der Waals surface area contributed by atoms with Crippen molar-refractivity contribution in [2.45, 2.75) is 6.61 Å². The third kappa shape index (κ3) is 2.61. The number of nitrogens with zero attached hydrogens (tertiary/aromatic N) is 1. The van der Waals surface area contributed by atoms with Crippen LogP contribution in [0.5, 0.6) is 0 Å². The standard InChI is InChI=1S/C11H9ClN2O2/c12-9-3-1-8(2-4-9)11(15)16-6-10-5-13-7-14-10/h1-5,7H,6H2,(H,13,14). The van der Waals surface area contributed by atoms with E-state index in [4.69, 9.17) is 16.3 Å². The molecule has 1 N–H and O–H groups in total. The molecule has 0 radical (unpaired) electrons. The Morgan fingerprint density at radius 2 is 2.12 bits per heavy atom. The Morgan fingerprint density at radius 1 is 1.38 bits per heavy atom. The number of aromatic amines is 1. The maximum atomic E-state index is 11.6. The van der Waals surface area contributed by atoms with Gasteiger partial charge in [0, 0.05) is 5.02 Å². The molecule has 0 fully saturated rings. The molecule has 1 aromatic heterocycles. The first-order valence-electron chi connectivity index (χ1n) is 4.65. The second kappa shape index (κ2) is 4.81. The van der Waals surface area contributed by atoms with E-state index in [-0.39, 0.29) is 12.6 Å². The molecule has 0 amide bonds. The zero-order chi connectivity index (χ0) is 11.4. The van der Waals surface area contributed by atoms with E-state index in [9.17, 15) is 4.79 Å². The number of aromatic nitrogens is 2. The first-order valence-corrected chi connectivity index (χ1v) is 5.03. The van der Waals surface area contributed by atoms with Gasteiger partial charge in [-0.1, -0.05) is 11.6 Å². The van der Waals surface area contributed by atoms with Crippen molar-refractivity contribution < 1.29 is 9.53 Å². The maximum absolute atomic E-state index is 11.6. The number of ether oxygens (including phenoxy) is 1. The second-order valence-corrected chi connectivity index (χ2v) is 3.60. The molecular formula is C11H9ClN2O2. The van der Waals surface area contributed by atoms with Crippen molar-refractivity contribution >= 4 is 17.6 Å². The average molecular weight is 237 g/mol. The van der Waals surface area contributed by atoms with Crippen molar-refractivity contribution in [3.63, 3.8) is 0 Å². The Morgan fingerprint density at radius 3 is 2.75 bits per heavy atom. The van der Waals surface area contributed by atoms with Gasteiger partial charge in [-0.15, -0.1) is 0 Å². The predicted molar refractivity (Wildman–Crippen MR) is 59.2 cm³/mol. The fourth-order valence-electron chi connectivity index (χ4n) is 1.18. The fourth-order valence-corrected chi connectivity index (χ4v) is 1.30. The summed E-state index contributed by atoms with van der Waals surface area (Å²) >= 11 is 5.71. The van der Waals surface area contributed by atoms with Gasteiger partial charge in [-0.25, -0.2) is 9.78 Å². The molecule has 5 heteroatoms. The lowest BCUT2D eigenvalue weighted by Gasteiger charge is -2.02. The molecule has 2 rings (SSSR count). The van der Waals surface area contributed by atoms with Gasteiger partial charge in [0.15, 0.2) is 0 Å². The topological polar surface area (TPSA) is 55.0 Å². The largest absolute Gasteiger partial charge is 0.456 e. The van der Waals surface area contributed by atoms with Gasteiger partial charge in [0.2, 0.25) is 0 Å². The molecule has 1 heterocycles. The molecule has 0 aliphatic rings. The zero-order valence-corrected chi connectivity index (χ0v) is 9.07. The van der Waals surface area contributed by atoms with Gasteiger partial charge in [0.1, 0.15) is 6.61 Å². The monoisotopic (exact) mass is 236 g/mol. The Kier molecular flexibility index (Phi) is 3.22. The molecule has 0 saturated carbocycles. The molecule has 0 atom stereocenters. The SMILES string of the molecule is O=C(OCc1cnc[nH]1)c1ccc(Cl)cc1. The minimum Gasteiger partial charge on any atom is -0.456 e. The summed E-state index contributed by atoms with van der Waals surface area (Å²) in [5.41, 5.74) is 1.23. The van der Waals surface area contributed by atoms with Crippen LogP contribution in [0.1, 0.15) is 16.1 Å². The van der Waals surface area contributed by atoms with E-state index in [0.717, 1.165) is 5.69 Å². The van der Waals surface area contributed by atoms with Crippen molar-refractivity contribution in [1.82, 2.24) is 9.97 Å². The lowest BCUT2D eigenvalue weighted by Crippen LogP contribution is -2.05. The normalized spacial score (nSPS) is 10.1. The number of rotatable bonds is 3. The van der Waals surface area contributed by atoms with Crippen LogP contribution in [0.15, 0.2) is 36.8 Å². The quantitative estimate of drug-likeness (QED) is 0.833. The van der Waals surface area contributed by atoms with Crippen LogP contribution < -0.4 is 0 Å². The van der Waals surface area contributed by atoms with Gasteiger partial charge < -0.3 is 9.72 Å². The van der Waals surface area contributed by atoms with Crippen LogP contribution in [0.4, 0.5) is 0 Å². The number of hydrogen-bond acceptors (Lipinski definition) is 3. The summed E-state index contributed by atoms with van der Waals surface area (Å²) in [6.45, 7) is 0.182. The highest BCUT2D eigenvalue weighted by molar-refractivity contribution is 6.30. The number of nitrogens with one attached hydrogen (secondary N) is 1. The van der Waals surface area contributed by atoms with Crippen molar-refractivity contribution in [2.75, 3.05) is 0 Å². The van der Waals surface area contributed by atoms with E-state index in [2.05, 4.69) is 9.97 Å². The number of H-pyrrole nitrogens is 1. The Labute approximate surface area is 97.2 Å². The summed E-state index contributed by atoms with van der Waals surface area (Å²) < 4.78 is 5.06. The molecule has 16 heavy (non-hydrogen) atoms. The Balaban J connectivity index is 1.95. The third-order valence-corrected chi connectivity index (χ3v) is 2.25. The molecule has 82 valence electrons. The van der Waals surface area contributed by atoms with E-state index in [1.54, 1.807) is 30.5 Å². The minimum absolute atomic E-state index is 0.182. The van der Waals surface area contributed by atoms with Crippen LogP contribution in [-0.2, 0) is 11.3 Å². The minimum atomic E-state index is -0.383. The number of carbonyl (C=O) groups excluding carboxylic acids is 1. The molecule has 0 saturated heterocycles. The fraction of sp³-hybridized carbons (Fsp3) is 0.0909. The highest BCUT2D eigenvalue weighted by Crippen LogP contribution is 2.10. The van der Waals surface area contributed by atoms with E-state index in [1.807, 2.05) is 0 Å². The van der Waals surface area contributed by atoms with Crippen molar-refractivity contribution in [1.29, 1.82) is 0 Å². The lowest BCUT2D eigenvalue weighted by molar-refractivity contribution is 0.0468. The van der Waals surface area contributed by atoms with E-state index in [1.165, 1.54) is 6.33 Å². The van der Waals surface area contributed by atoms with Crippen LogP contribution >= 0.6 is 11.6 Å². The first kappa shape index (κ1) is 10.7. The molecule has 4 nitrogen and oxygen atoms in total. The van der Waals surface area contributed by atoms with Gasteiger partial charge in [-0.05, 0) is 24.3 Å². The molecule has 0 spiro atoms. The molecule has 0 unspecified atom stereocenters. The summed E-state index contributed by atoms with van der Waals surface area (Å²) in [5.74, 6) is -0.383. The number of esters is 1. The van der Waals surface area contributed by atoms with Crippen molar-refractivity contribution in [3.8, 4) is 0 Å². The molecule has 0 aliphatic heterocycles. The van der Waals surface area contributed by atoms with Gasteiger partial charge in [0.25, 0.3) is 0 Å². The van der Waals surface area contributed by atoms with Gasteiger partial charge in [-0.3, -0.25) is 0 Å². The molecule has 0 aliphatic carbocycles. The smallest absolute Gasteiger partial charge is 0.338 e. The van der Waals surface area contributed by atoms with Crippen molar-refractivity contribution in [2.24, 2.45) is 0 Å². The zero-order valence-electron chi connectivity index (χ0n) is 8.31. The maximum Gasteiger partial charge on any atom is 0.338 e. The third-order valence-electron chi connectivity index (χ3n) is 1.99. The molecule has 2 aromatic rings. The van der Waals surface area contributed by atoms with Gasteiger partial charge >= 0.3 is 5.97 Å². The van der Waals surface area contributed by atoms with Crippen LogP contribution in [0, 0.1) is 0 Å². The summed E-state index contributed by atoms with van der Waals surface area (Å²) in [6, 6.07) is 6.54. The van der Waals surface area contributed by atoms with Crippen LogP contribution in [0.25, 0.3) is 0 Å². The highest BCUT2D eigenvalue weighted by atomic mass is 35.5. The first-order chi connectivity index (χ1) is 7.75. The van der Waals surface area contributed by atoms with Gasteiger partial charge in [0.05, 0.1) is 23.8 Å². The highest BCUT2D eigenvalue weighted by Gasteiger charge is 2.07. The average Bonchev–Trinajstić information content (AvgIpc) is 2.80. The van der Waals surface area contributed by atoms with Gasteiger partial charge in [-0.2, -0.15) is 0 Å². The molecule has 0 bridgehead atoms. The van der Waals surface area contributed by atoms with E-state index < -0.39 is 0 Å². The Hall–Kier alpha value is -1.81. The summed E-state index contributed by atoms with van der Waals surface area (Å²) in [6.07, 6.45) is 3.14. The number of halogens is 1. The predicted octanol–water partition coefficient (Wildman–Crippen LogP) is 2.42. The molecular weight excluding hydrogens is 228 g/mol. The summed E-state index contributed by atoms with van der Waals surface area (Å²) in [7, 11) is 0. The van der Waals surface area contributed by atoms with Crippen LogP contribution in [0.2, 0.25) is 5.02 Å². The van der Waals surface area contributed by atoms with Crippen LogP contribution in [-0.4, -0.2) is 15.9 Å². The summed E-state index contributed by atoms with van der Waals surface area (Å²) in [5, 5.41) is 0.588. The van der Waals surface area contributed by atoms with Crippen LogP contribution in [0.3, 0.4) is 0 Å². The number of hydrogen-bond donors (Lipinski definition) is 1. The van der Waals surface area contributed by atoms with Crippen molar-refractivity contribution in [3.05, 3.63) is 53.1 Å². The number of benzene rings is 1. The Bertz CT molecular complexity index is 465. The lowest BCUT2D eigenvalue weighted by atomic mass is 10.2. The van der Waals surface area contributed by atoms with E-state index >= 15 is 0 Å². The number of carbonyl (C=O) groups is 1. The van der Waals surface area contributed by atoms with E-state index in [0.29, 0.717) is 10.6 Å².